The molecule has 1 unspecified atom stereocenters. The Hall–Kier alpha value is -1.13. The molecule has 0 bridgehead atoms. The molecule has 1 fully saturated rings. The number of rotatable bonds is 5. The lowest BCUT2D eigenvalue weighted by Crippen LogP contribution is -2.42. The topological polar surface area (TPSA) is 47.3 Å². The number of hydrogen-bond acceptors (Lipinski definition) is 3. The second kappa shape index (κ2) is 4.63. The highest BCUT2D eigenvalue weighted by Gasteiger charge is 2.44. The van der Waals surface area contributed by atoms with Gasteiger partial charge in [-0.2, -0.15) is 0 Å². The molecule has 2 rings (SSSR count). The van der Waals surface area contributed by atoms with Gasteiger partial charge in [0.05, 0.1) is 7.11 Å². The Morgan fingerprint density at radius 1 is 1.53 bits per heavy atom. The third kappa shape index (κ3) is 2.42. The van der Waals surface area contributed by atoms with Gasteiger partial charge in [0.15, 0.2) is 11.6 Å². The Morgan fingerprint density at radius 2 is 2.24 bits per heavy atom. The molecule has 94 valence electrons. The molecule has 0 spiro atoms. The second-order valence-electron chi connectivity index (χ2n) is 5.01. The van der Waals surface area contributed by atoms with E-state index in [4.69, 9.17) is 10.6 Å². The van der Waals surface area contributed by atoms with Gasteiger partial charge in [-0.1, -0.05) is 19.1 Å². The summed E-state index contributed by atoms with van der Waals surface area (Å²) in [5.74, 6) is 5.58. The smallest absolute Gasteiger partial charge is 0.168 e. The highest BCUT2D eigenvalue weighted by Crippen LogP contribution is 2.48. The summed E-state index contributed by atoms with van der Waals surface area (Å²) in [6.07, 6.45) is 2.89. The van der Waals surface area contributed by atoms with Crippen LogP contribution in [0.3, 0.4) is 0 Å². The number of halogens is 1. The van der Waals surface area contributed by atoms with Crippen molar-refractivity contribution in [1.29, 1.82) is 0 Å². The molecule has 0 aromatic heterocycles. The molecule has 0 amide bonds. The molecular weight excluding hydrogens is 219 g/mol. The largest absolute Gasteiger partial charge is 0.494 e. The van der Waals surface area contributed by atoms with Gasteiger partial charge >= 0.3 is 0 Å². The van der Waals surface area contributed by atoms with E-state index in [0.717, 1.165) is 12.8 Å². The first-order valence-electron chi connectivity index (χ1n) is 5.88. The van der Waals surface area contributed by atoms with Gasteiger partial charge < -0.3 is 4.74 Å². The van der Waals surface area contributed by atoms with Crippen LogP contribution < -0.4 is 16.0 Å². The molecule has 0 saturated heterocycles. The van der Waals surface area contributed by atoms with E-state index in [1.807, 2.05) is 0 Å². The van der Waals surface area contributed by atoms with E-state index < -0.39 is 0 Å². The Bertz CT molecular complexity index is 404. The monoisotopic (exact) mass is 238 g/mol. The standard InChI is InChI=1S/C13H19FN2O/c1-13(6-7-13)11(16-15)8-9-4-3-5-10(17-2)12(9)14/h3-5,11,16H,6-8,15H2,1-2H3. The Balaban J connectivity index is 2.17. The van der Waals surface area contributed by atoms with Gasteiger partial charge in [0.1, 0.15) is 0 Å². The number of hydrogen-bond donors (Lipinski definition) is 2. The fourth-order valence-electron chi connectivity index (χ4n) is 2.14. The number of nitrogens with one attached hydrogen (secondary N) is 1. The highest BCUT2D eigenvalue weighted by molar-refractivity contribution is 5.32. The molecule has 17 heavy (non-hydrogen) atoms. The van der Waals surface area contributed by atoms with Crippen LogP contribution in [0.2, 0.25) is 0 Å². The van der Waals surface area contributed by atoms with Gasteiger partial charge in [-0.3, -0.25) is 11.3 Å². The molecule has 1 aromatic rings. The number of nitrogens with two attached hydrogens (primary N) is 1. The molecule has 4 heteroatoms. The van der Waals surface area contributed by atoms with Crippen molar-refractivity contribution >= 4 is 0 Å². The molecule has 1 aromatic carbocycles. The second-order valence-corrected chi connectivity index (χ2v) is 5.01. The van der Waals surface area contributed by atoms with Crippen molar-refractivity contribution in [3.8, 4) is 5.75 Å². The molecule has 0 aliphatic heterocycles. The zero-order valence-electron chi connectivity index (χ0n) is 10.3. The van der Waals surface area contributed by atoms with E-state index in [-0.39, 0.29) is 17.3 Å². The molecule has 3 N–H and O–H groups in total. The first-order chi connectivity index (χ1) is 8.10. The van der Waals surface area contributed by atoms with Crippen LogP contribution in [0, 0.1) is 11.2 Å². The van der Waals surface area contributed by atoms with Gasteiger partial charge in [0, 0.05) is 6.04 Å². The number of methoxy groups -OCH3 is 1. The Labute approximate surface area is 101 Å². The van der Waals surface area contributed by atoms with Gasteiger partial charge in [-0.05, 0) is 36.3 Å². The first kappa shape index (κ1) is 12.3. The summed E-state index contributed by atoms with van der Waals surface area (Å²) in [6.45, 7) is 2.18. The number of ether oxygens (including phenoxy) is 1. The molecule has 1 saturated carbocycles. The van der Waals surface area contributed by atoms with Crippen molar-refractivity contribution in [2.24, 2.45) is 11.3 Å². The average molecular weight is 238 g/mol. The maximum absolute atomic E-state index is 14.0. The minimum atomic E-state index is -0.278. The van der Waals surface area contributed by atoms with Crippen LogP contribution in [-0.2, 0) is 6.42 Å². The number of hydrazine groups is 1. The van der Waals surface area contributed by atoms with Crippen molar-refractivity contribution in [3.63, 3.8) is 0 Å². The first-order valence-corrected chi connectivity index (χ1v) is 5.88. The predicted molar refractivity (Wildman–Crippen MR) is 65.1 cm³/mol. The van der Waals surface area contributed by atoms with Gasteiger partial charge in [0.2, 0.25) is 0 Å². The fourth-order valence-corrected chi connectivity index (χ4v) is 2.14. The molecule has 1 aliphatic carbocycles. The molecule has 1 atom stereocenters. The minimum absolute atomic E-state index is 0.115. The van der Waals surface area contributed by atoms with Gasteiger partial charge in [0.25, 0.3) is 0 Å². The maximum Gasteiger partial charge on any atom is 0.168 e. The zero-order valence-corrected chi connectivity index (χ0v) is 10.3. The summed E-state index contributed by atoms with van der Waals surface area (Å²) in [4.78, 5) is 0. The fraction of sp³-hybridized carbons (Fsp3) is 0.538. The summed E-state index contributed by atoms with van der Waals surface area (Å²) in [5, 5.41) is 0. The van der Waals surface area contributed by atoms with Crippen LogP contribution in [0.4, 0.5) is 4.39 Å². The molecular formula is C13H19FN2O. The van der Waals surface area contributed by atoms with E-state index in [1.54, 1.807) is 18.2 Å². The molecule has 1 aliphatic rings. The van der Waals surface area contributed by atoms with Crippen LogP contribution in [0.1, 0.15) is 25.3 Å². The number of benzene rings is 1. The van der Waals surface area contributed by atoms with Crippen LogP contribution in [0.15, 0.2) is 18.2 Å². The average Bonchev–Trinajstić information content (AvgIpc) is 3.07. The summed E-state index contributed by atoms with van der Waals surface area (Å²) in [6, 6.07) is 5.33. The van der Waals surface area contributed by atoms with E-state index in [0.29, 0.717) is 17.7 Å². The van der Waals surface area contributed by atoms with E-state index >= 15 is 0 Å². The van der Waals surface area contributed by atoms with Crippen molar-refractivity contribution in [3.05, 3.63) is 29.6 Å². The van der Waals surface area contributed by atoms with Crippen molar-refractivity contribution < 1.29 is 9.13 Å². The van der Waals surface area contributed by atoms with Crippen LogP contribution in [0.5, 0.6) is 5.75 Å². The summed E-state index contributed by atoms with van der Waals surface area (Å²) in [5.41, 5.74) is 3.68. The maximum atomic E-state index is 14.0. The summed E-state index contributed by atoms with van der Waals surface area (Å²) < 4.78 is 19.0. The van der Waals surface area contributed by atoms with E-state index in [9.17, 15) is 4.39 Å². The van der Waals surface area contributed by atoms with Crippen molar-refractivity contribution in [2.45, 2.75) is 32.2 Å². The van der Waals surface area contributed by atoms with Crippen LogP contribution in [0.25, 0.3) is 0 Å². The third-order valence-corrected chi connectivity index (χ3v) is 3.77. The van der Waals surface area contributed by atoms with E-state index in [1.165, 1.54) is 7.11 Å². The zero-order chi connectivity index (χ0) is 12.5. The third-order valence-electron chi connectivity index (χ3n) is 3.77. The SMILES string of the molecule is COc1cccc(CC(NN)C2(C)CC2)c1F. The van der Waals surface area contributed by atoms with Crippen molar-refractivity contribution in [2.75, 3.05) is 7.11 Å². The molecule has 3 nitrogen and oxygen atoms in total. The molecule has 0 radical (unpaired) electrons. The van der Waals surface area contributed by atoms with Crippen LogP contribution in [-0.4, -0.2) is 13.2 Å². The van der Waals surface area contributed by atoms with Crippen molar-refractivity contribution in [1.82, 2.24) is 5.43 Å². The highest BCUT2D eigenvalue weighted by atomic mass is 19.1. The van der Waals surface area contributed by atoms with Gasteiger partial charge in [-0.15, -0.1) is 0 Å². The quantitative estimate of drug-likeness (QED) is 0.609. The lowest BCUT2D eigenvalue weighted by Gasteiger charge is -2.23. The normalized spacial score (nSPS) is 18.8. The van der Waals surface area contributed by atoms with E-state index in [2.05, 4.69) is 12.3 Å². The molecule has 0 heterocycles. The predicted octanol–water partition coefficient (Wildman–Crippen LogP) is 2.01. The lowest BCUT2D eigenvalue weighted by molar-refractivity contribution is 0.349. The summed E-state index contributed by atoms with van der Waals surface area (Å²) >= 11 is 0. The van der Waals surface area contributed by atoms with Crippen LogP contribution >= 0.6 is 0 Å². The summed E-state index contributed by atoms with van der Waals surface area (Å²) in [7, 11) is 1.48. The van der Waals surface area contributed by atoms with Gasteiger partial charge in [-0.25, -0.2) is 4.39 Å². The minimum Gasteiger partial charge on any atom is -0.494 e. The lowest BCUT2D eigenvalue weighted by atomic mass is 9.92. The Morgan fingerprint density at radius 3 is 2.76 bits per heavy atom. The Kier molecular flexibility index (Phi) is 3.35.